The molecule has 4 rings (SSSR count). The number of ether oxygens (including phenoxy) is 1. The molecule has 2 N–H and O–H groups in total. The molecule has 3 heterocycles. The Bertz CT molecular complexity index is 1130. The summed E-state index contributed by atoms with van der Waals surface area (Å²) >= 11 is 12.1. The molecule has 2 amide bonds. The average molecular weight is 655 g/mol. The van der Waals surface area contributed by atoms with Crippen molar-refractivity contribution in [1.82, 2.24) is 25.3 Å². The molecule has 1 atom stereocenters. The van der Waals surface area contributed by atoms with Gasteiger partial charge in [0.1, 0.15) is 11.4 Å². The second-order valence-electron chi connectivity index (χ2n) is 12.7. The molecule has 13 heteroatoms. The fourth-order valence-corrected chi connectivity index (χ4v) is 5.58. The maximum Gasteiger partial charge on any atom is 0.293 e. The number of piperidine rings is 1. The van der Waals surface area contributed by atoms with E-state index in [1.165, 1.54) is 0 Å². The summed E-state index contributed by atoms with van der Waals surface area (Å²) in [5.41, 5.74) is 0.513. The Balaban J connectivity index is 0.000000676. The lowest BCUT2D eigenvalue weighted by Crippen LogP contribution is -2.53. The van der Waals surface area contributed by atoms with Gasteiger partial charge >= 0.3 is 0 Å². The zero-order valence-corrected chi connectivity index (χ0v) is 28.3. The number of likely N-dealkylation sites (tertiary alicyclic amines) is 1. The van der Waals surface area contributed by atoms with Gasteiger partial charge in [0, 0.05) is 64.2 Å². The van der Waals surface area contributed by atoms with Crippen molar-refractivity contribution in [2.24, 2.45) is 11.0 Å². The molecule has 1 aromatic rings. The molecule has 2 fully saturated rings. The normalized spacial score (nSPS) is 20.4. The number of hydrogen-bond acceptors (Lipinski definition) is 9. The van der Waals surface area contributed by atoms with Crippen molar-refractivity contribution in [2.75, 3.05) is 71.0 Å². The Kier molecular flexibility index (Phi) is 14.2. The maximum absolute atomic E-state index is 12.5. The van der Waals surface area contributed by atoms with Gasteiger partial charge in [0.15, 0.2) is 0 Å². The minimum absolute atomic E-state index is 0.0320. The van der Waals surface area contributed by atoms with E-state index in [2.05, 4.69) is 42.2 Å². The Morgan fingerprint density at radius 2 is 1.73 bits per heavy atom. The van der Waals surface area contributed by atoms with E-state index in [9.17, 15) is 14.4 Å². The number of carbonyl (C=O) groups excluding carboxylic acids is 3. The lowest BCUT2D eigenvalue weighted by molar-refractivity contribution is -0.138. The molecule has 246 valence electrons. The van der Waals surface area contributed by atoms with Crippen molar-refractivity contribution < 1.29 is 19.1 Å². The summed E-state index contributed by atoms with van der Waals surface area (Å²) in [6.45, 7) is 16.0. The number of likely N-dealkylation sites (N-methyl/N-ethyl adjacent to an activating group) is 1. The largest absolute Gasteiger partial charge is 0.462 e. The van der Waals surface area contributed by atoms with Gasteiger partial charge in [-0.2, -0.15) is 5.10 Å². The molecule has 2 saturated heterocycles. The van der Waals surface area contributed by atoms with Gasteiger partial charge in [-0.15, -0.1) is 0 Å². The van der Waals surface area contributed by atoms with Crippen molar-refractivity contribution in [3.63, 3.8) is 0 Å². The van der Waals surface area contributed by atoms with Crippen LogP contribution in [0.2, 0.25) is 10.0 Å². The average Bonchev–Trinajstić information content (AvgIpc) is 3.33. The molecule has 44 heavy (non-hydrogen) atoms. The van der Waals surface area contributed by atoms with Crippen LogP contribution in [0.4, 0.5) is 5.69 Å². The first-order chi connectivity index (χ1) is 20.8. The molecule has 0 saturated carbocycles. The van der Waals surface area contributed by atoms with Gasteiger partial charge in [-0.25, -0.2) is 0 Å². The van der Waals surface area contributed by atoms with E-state index in [4.69, 9.17) is 23.2 Å². The number of benzene rings is 1. The monoisotopic (exact) mass is 653 g/mol. The maximum atomic E-state index is 12.5. The highest BCUT2D eigenvalue weighted by atomic mass is 35.5. The zero-order chi connectivity index (χ0) is 32.3. The van der Waals surface area contributed by atoms with E-state index in [1.807, 2.05) is 38.8 Å². The van der Waals surface area contributed by atoms with Crippen LogP contribution in [-0.2, 0) is 19.1 Å². The Labute approximate surface area is 272 Å². The van der Waals surface area contributed by atoms with Crippen molar-refractivity contribution in [3.05, 3.63) is 28.2 Å². The van der Waals surface area contributed by atoms with Gasteiger partial charge in [0.05, 0.1) is 28.8 Å². The highest BCUT2D eigenvalue weighted by molar-refractivity contribution is 6.42. The molecule has 1 aromatic carbocycles. The molecule has 1 unspecified atom stereocenters. The van der Waals surface area contributed by atoms with Gasteiger partial charge in [-0.3, -0.25) is 29.2 Å². The minimum Gasteiger partial charge on any atom is -0.462 e. The zero-order valence-electron chi connectivity index (χ0n) is 26.8. The number of rotatable bonds is 9. The standard InChI is InChI=1S/C26H39Cl2N7O2.C5H10O2/c1-19-17-35(21-5-6-22(27)23(28)16-21)31-26(19)30-24(36)4-3-9-29-25(37)18-33-10-7-20(8-11-33)34-14-12-32(2)13-15-34;1-5(2,3)7-4-6/h5-6,16,19-20H,3-4,7-15,17-18H2,1-2H3,(H,29,37)(H,30,31,36);4H,1-3H3. The Morgan fingerprint density at radius 3 is 2.32 bits per heavy atom. The number of piperazine rings is 1. The second kappa shape index (κ2) is 17.3. The number of halogens is 2. The van der Waals surface area contributed by atoms with Crippen LogP contribution < -0.4 is 15.6 Å². The molecule has 3 aliphatic rings. The summed E-state index contributed by atoms with van der Waals surface area (Å²) in [6.07, 6.45) is 3.17. The fraction of sp³-hybridized carbons (Fsp3) is 0.677. The molecule has 11 nitrogen and oxygen atoms in total. The Hall–Kier alpha value is -2.44. The van der Waals surface area contributed by atoms with E-state index < -0.39 is 0 Å². The quantitative estimate of drug-likeness (QED) is 0.308. The first-order valence-electron chi connectivity index (χ1n) is 15.5. The van der Waals surface area contributed by atoms with E-state index >= 15 is 0 Å². The van der Waals surface area contributed by atoms with Crippen LogP contribution in [0.5, 0.6) is 0 Å². The highest BCUT2D eigenvalue weighted by Gasteiger charge is 2.28. The van der Waals surface area contributed by atoms with Crippen LogP contribution in [0.3, 0.4) is 0 Å². The number of hydrazone groups is 1. The van der Waals surface area contributed by atoms with Gasteiger partial charge in [-0.05, 0) is 65.3 Å². The van der Waals surface area contributed by atoms with Crippen LogP contribution in [0.15, 0.2) is 23.3 Å². The van der Waals surface area contributed by atoms with E-state index in [-0.39, 0.29) is 23.3 Å². The summed E-state index contributed by atoms with van der Waals surface area (Å²) in [5, 5.41) is 13.2. The first kappa shape index (κ1) is 36.0. The van der Waals surface area contributed by atoms with E-state index in [0.29, 0.717) is 60.9 Å². The first-order valence-corrected chi connectivity index (χ1v) is 16.2. The number of amidine groups is 1. The molecule has 0 spiro atoms. The molecule has 0 aromatic heterocycles. The summed E-state index contributed by atoms with van der Waals surface area (Å²) in [6, 6.07) is 6.01. The third-order valence-corrected chi connectivity index (χ3v) is 8.63. The van der Waals surface area contributed by atoms with Crippen molar-refractivity contribution >= 4 is 53.0 Å². The van der Waals surface area contributed by atoms with Gasteiger partial charge in [0.25, 0.3) is 6.47 Å². The summed E-state index contributed by atoms with van der Waals surface area (Å²) in [5.74, 6) is 0.657. The summed E-state index contributed by atoms with van der Waals surface area (Å²) in [4.78, 5) is 41.7. The van der Waals surface area contributed by atoms with Crippen molar-refractivity contribution in [1.29, 1.82) is 0 Å². The van der Waals surface area contributed by atoms with Crippen LogP contribution in [0.25, 0.3) is 0 Å². The van der Waals surface area contributed by atoms with Crippen LogP contribution >= 0.6 is 23.2 Å². The number of nitrogens with zero attached hydrogens (tertiary/aromatic N) is 5. The van der Waals surface area contributed by atoms with Crippen molar-refractivity contribution in [3.8, 4) is 0 Å². The molecule has 0 bridgehead atoms. The minimum atomic E-state index is -0.318. The number of amides is 2. The summed E-state index contributed by atoms with van der Waals surface area (Å²) < 4.78 is 4.55. The summed E-state index contributed by atoms with van der Waals surface area (Å²) in [7, 11) is 2.18. The molecular weight excluding hydrogens is 605 g/mol. The lowest BCUT2D eigenvalue weighted by Gasteiger charge is -2.41. The highest BCUT2D eigenvalue weighted by Crippen LogP contribution is 2.29. The smallest absolute Gasteiger partial charge is 0.293 e. The van der Waals surface area contributed by atoms with Gasteiger partial charge in [-0.1, -0.05) is 30.1 Å². The van der Waals surface area contributed by atoms with E-state index in [1.54, 1.807) is 12.1 Å². The third-order valence-electron chi connectivity index (χ3n) is 7.89. The van der Waals surface area contributed by atoms with Gasteiger partial charge in [0.2, 0.25) is 11.8 Å². The number of nitrogens with one attached hydrogen (secondary N) is 2. The molecule has 0 aliphatic carbocycles. The number of anilines is 1. The predicted octanol–water partition coefficient (Wildman–Crippen LogP) is 3.45. The van der Waals surface area contributed by atoms with Crippen LogP contribution in [0.1, 0.15) is 53.4 Å². The van der Waals surface area contributed by atoms with Crippen LogP contribution in [0, 0.1) is 5.92 Å². The SMILES string of the molecule is CC(C)(C)OC=O.CC1CN(c2ccc(Cl)c(Cl)c2)N=C1NC(=O)CCCNC(=O)CN1CCC(N2CCN(C)CC2)CC1. The number of hydrogen-bond donors (Lipinski definition) is 2. The predicted molar refractivity (Wildman–Crippen MR) is 176 cm³/mol. The lowest BCUT2D eigenvalue weighted by atomic mass is 10.0. The topological polar surface area (TPSA) is 110 Å². The van der Waals surface area contributed by atoms with Gasteiger partial charge < -0.3 is 20.3 Å². The Morgan fingerprint density at radius 1 is 1.05 bits per heavy atom. The molecular formula is C31H49Cl2N7O4. The van der Waals surface area contributed by atoms with Crippen molar-refractivity contribution in [2.45, 2.75) is 65.0 Å². The second-order valence-corrected chi connectivity index (χ2v) is 13.6. The number of carbonyl (C=O) groups is 3. The third kappa shape index (κ3) is 12.2. The molecule has 3 aliphatic heterocycles. The van der Waals surface area contributed by atoms with E-state index in [0.717, 1.165) is 57.8 Å². The fourth-order valence-electron chi connectivity index (χ4n) is 5.29. The van der Waals surface area contributed by atoms with Crippen LogP contribution in [-0.4, -0.2) is 116 Å². The molecule has 0 radical (unpaired) electrons.